The number of fused-ring (bicyclic) bond motifs is 8. The molecule has 86 heavy (non-hydrogen) atoms. The second-order valence-electron chi connectivity index (χ2n) is 19.6. The Kier molecular flexibility index (Phi) is 5.96. The van der Waals surface area contributed by atoms with E-state index in [1.165, 1.54) is 12.1 Å². The van der Waals surface area contributed by atoms with Gasteiger partial charge in [0.25, 0.3) is 6.71 Å². The summed E-state index contributed by atoms with van der Waals surface area (Å²) >= 11 is 0.826. The van der Waals surface area contributed by atoms with E-state index in [4.69, 9.17) is 19.2 Å². The highest BCUT2D eigenvalue weighted by Gasteiger charge is 2.48. The van der Waals surface area contributed by atoms with Gasteiger partial charge in [0.15, 0.2) is 0 Å². The first-order chi connectivity index (χ1) is 58.5. The Hall–Kier alpha value is -10.7. The van der Waals surface area contributed by atoms with Crippen LogP contribution in [0.15, 0.2) is 330 Å². The number of hydrogen-bond donors (Lipinski definition) is 0. The lowest BCUT2D eigenvalue weighted by Gasteiger charge is -2.46. The molecular formula is C78H53B2N5S. The molecule has 0 aliphatic carbocycles. The third-order valence-corrected chi connectivity index (χ3v) is 16.3. The molecule has 8 heteroatoms. The van der Waals surface area contributed by atoms with Crippen LogP contribution in [-0.2, 0) is 0 Å². The smallest absolute Gasteiger partial charge is 0.252 e. The lowest BCUT2D eigenvalue weighted by atomic mass is 9.31. The van der Waals surface area contributed by atoms with Gasteiger partial charge in [0.2, 0.25) is 6.71 Å². The van der Waals surface area contributed by atoms with Crippen LogP contribution in [0.5, 0.6) is 0 Å². The Morgan fingerprint density at radius 2 is 0.709 bits per heavy atom. The summed E-state index contributed by atoms with van der Waals surface area (Å²) in [6.45, 7) is -3.42. The molecule has 0 amide bonds. The molecule has 0 saturated carbocycles. The summed E-state index contributed by atoms with van der Waals surface area (Å²) in [6, 6.07) is -13.3. The van der Waals surface area contributed by atoms with Crippen LogP contribution < -0.4 is 57.3 Å². The van der Waals surface area contributed by atoms with Crippen LogP contribution in [0.3, 0.4) is 0 Å². The van der Waals surface area contributed by atoms with Crippen molar-refractivity contribution >= 4 is 143 Å². The highest BCUT2D eigenvalue weighted by atomic mass is 32.2. The zero-order valence-electron chi connectivity index (χ0n) is 82.0. The molecule has 0 aromatic heterocycles. The number of anilines is 15. The minimum Gasteiger partial charge on any atom is -0.311 e. The minimum atomic E-state index is -1.74. The normalized spacial score (nSPS) is 19.1. The number of para-hydroxylation sites is 9. The number of rotatable bonds is 10. The molecule has 13 aromatic carbocycles. The third kappa shape index (κ3) is 8.05. The van der Waals surface area contributed by atoms with Gasteiger partial charge in [0, 0.05) is 89.3 Å². The minimum absolute atomic E-state index is 0.00603. The highest BCUT2D eigenvalue weighted by molar-refractivity contribution is 8.00. The molecule has 402 valence electrons. The average Bonchev–Trinajstić information content (AvgIpc) is 0.674. The van der Waals surface area contributed by atoms with Crippen LogP contribution in [0.2, 0.25) is 0 Å². The van der Waals surface area contributed by atoms with Crippen LogP contribution in [0, 0.1) is 0 Å². The molecule has 0 bridgehead atoms. The lowest BCUT2D eigenvalue weighted by molar-refractivity contribution is 1.22. The highest BCUT2D eigenvalue weighted by Crippen LogP contribution is 2.52. The van der Waals surface area contributed by atoms with Crippen molar-refractivity contribution in [3.8, 4) is 11.1 Å². The maximum atomic E-state index is 10.4. The van der Waals surface area contributed by atoms with Crippen molar-refractivity contribution in [1.29, 1.82) is 0 Å². The molecule has 17 rings (SSSR count). The van der Waals surface area contributed by atoms with Gasteiger partial charge in [-0.2, -0.15) is 0 Å². The molecule has 4 aliphatic rings. The molecule has 0 N–H and O–H groups in total. The largest absolute Gasteiger partial charge is 0.311 e. The van der Waals surface area contributed by atoms with Gasteiger partial charge in [-0.3, -0.25) is 0 Å². The molecule has 4 aliphatic heterocycles. The SMILES string of the molecule is [2H]c1c([2H])c([2H])c(N(c2cc3c4c(c2)N(c2c([2H])c([2H])c([2H])c([2H])c2[2H])c2c([2H])c([2H])c([2H])c([2H])c2B4c2cc4c(cc2S3)N(c2ccccc2-c2ccccc2)c2cc(N(c3c([2H])c([2H])c([2H])c([2H])c3[2H])c3c([2H])c([2H])c([2H])c([2H])c3[2H])cc3c2B4c2c([2H])c([2H])c([2H])c([2H])c2N3c2c([2H])c([2H])c([2H])c([2H])c2[2H])c2c([2H])c([2H])c([2H])c([2H])c2[2H])c([2H])c1[2H]. The van der Waals surface area contributed by atoms with E-state index in [1.54, 1.807) is 71.6 Å². The Morgan fingerprint density at radius 3 is 1.23 bits per heavy atom. The maximum Gasteiger partial charge on any atom is 0.252 e. The summed E-state index contributed by atoms with van der Waals surface area (Å²) in [6.07, 6.45) is 0. The molecule has 5 nitrogen and oxygen atoms in total. The van der Waals surface area contributed by atoms with E-state index in [9.17, 15) is 32.9 Å². The van der Waals surface area contributed by atoms with Crippen molar-refractivity contribution in [2.24, 2.45) is 0 Å². The molecule has 0 radical (unpaired) electrons. The molecule has 13 aromatic rings. The van der Waals surface area contributed by atoms with E-state index >= 15 is 0 Å². The first-order valence-corrected chi connectivity index (χ1v) is 27.3. The average molecular weight is 1150 g/mol. The molecule has 0 saturated heterocycles. The summed E-state index contributed by atoms with van der Waals surface area (Å²) < 4.78 is 358. The van der Waals surface area contributed by atoms with Crippen molar-refractivity contribution in [2.75, 3.05) is 24.5 Å². The Labute approximate surface area is 560 Å². The summed E-state index contributed by atoms with van der Waals surface area (Å²) in [5.74, 6) is 0. The number of nitrogens with zero attached hydrogens (tertiary/aromatic N) is 5. The third-order valence-electron chi connectivity index (χ3n) is 15.2. The van der Waals surface area contributed by atoms with E-state index < -0.39 is 311 Å². The topological polar surface area (TPSA) is 16.2 Å². The van der Waals surface area contributed by atoms with Crippen molar-refractivity contribution in [3.63, 3.8) is 0 Å². The predicted octanol–water partition coefficient (Wildman–Crippen LogP) is 17.1. The van der Waals surface area contributed by atoms with Crippen LogP contribution in [0.25, 0.3) is 11.1 Å². The quantitative estimate of drug-likeness (QED) is 0.126. The summed E-state index contributed by atoms with van der Waals surface area (Å²) in [4.78, 5) is 5.11. The fourth-order valence-electron chi connectivity index (χ4n) is 12.0. The fraction of sp³-hybridized carbons (Fsp3) is 0. The first kappa shape index (κ1) is 24.9. The summed E-state index contributed by atoms with van der Waals surface area (Å²) in [7, 11) is 0. The standard InChI is InChI=1S/C78H53B2N5S/c1-8-28-54(29-9-1)63-42-22-25-45-68(63)85-71-53-75-67(80-65-44-24-27-47-70(65)84(60-40-20-7-21-41-60)74-50-62(51-76(86-75)78(74)80)82(57-34-14-4-15-35-57)58-36-16-5-17-37-58)52-66(71)79-64-43-23-26-46-69(64)83(59-38-18-6-19-39-59)72-48-61(49-73(85)77(72)79)81(55-30-10-2-11-31-55)56-32-12-3-13-33-56/h1-53H/i2D,3D,4D,5D,6D,7D,10D,11D,12D,13D,14D,15D,16D,17D,18D,19D,20D,21D,23D,24D,26D,27D,30D,31D,32D,33D,34D,35D,36D,37D,38D,39D,40D,41D,43D,44D,46D,47D. The summed E-state index contributed by atoms with van der Waals surface area (Å²) in [5.41, 5.74) is -7.93. The zero-order chi connectivity index (χ0) is 89.7. The molecule has 0 fully saturated rings. The van der Waals surface area contributed by atoms with Crippen LogP contribution in [0.1, 0.15) is 52.1 Å². The van der Waals surface area contributed by atoms with Gasteiger partial charge >= 0.3 is 0 Å². The van der Waals surface area contributed by atoms with E-state index in [2.05, 4.69) is 0 Å². The number of benzene rings is 13. The van der Waals surface area contributed by atoms with Crippen molar-refractivity contribution in [2.45, 2.75) is 9.79 Å². The van der Waals surface area contributed by atoms with Crippen molar-refractivity contribution in [3.05, 3.63) is 321 Å². The molecule has 0 unspecified atom stereocenters. The van der Waals surface area contributed by atoms with Crippen LogP contribution in [0.4, 0.5) is 85.3 Å². The lowest BCUT2D eigenvalue weighted by Crippen LogP contribution is -2.64. The van der Waals surface area contributed by atoms with Gasteiger partial charge in [-0.25, -0.2) is 0 Å². The Morgan fingerprint density at radius 1 is 0.291 bits per heavy atom. The second kappa shape index (κ2) is 20.6. The van der Waals surface area contributed by atoms with E-state index in [1.807, 2.05) is 0 Å². The van der Waals surface area contributed by atoms with Crippen molar-refractivity contribution in [1.82, 2.24) is 0 Å². The van der Waals surface area contributed by atoms with Gasteiger partial charge < -0.3 is 24.5 Å². The first-order valence-electron chi connectivity index (χ1n) is 45.4. The Balaban J connectivity index is 1.10. The predicted molar refractivity (Wildman–Crippen MR) is 365 cm³/mol. The molecule has 0 spiro atoms. The van der Waals surface area contributed by atoms with E-state index in [-0.39, 0.29) is 59.9 Å². The maximum absolute atomic E-state index is 10.4. The van der Waals surface area contributed by atoms with Crippen molar-refractivity contribution < 1.29 is 52.1 Å². The van der Waals surface area contributed by atoms with Crippen LogP contribution in [-0.4, -0.2) is 13.4 Å². The summed E-state index contributed by atoms with van der Waals surface area (Å²) in [5, 5.41) is 0. The van der Waals surface area contributed by atoms with Gasteiger partial charge in [-0.1, -0.05) is 217 Å². The van der Waals surface area contributed by atoms with Gasteiger partial charge in [0.1, 0.15) is 0 Å². The molecule has 0 atom stereocenters. The Bertz CT molecular complexity index is 6790. The van der Waals surface area contributed by atoms with Gasteiger partial charge in [0.05, 0.1) is 63.5 Å². The monoisotopic (exact) mass is 1150 g/mol. The van der Waals surface area contributed by atoms with Crippen LogP contribution >= 0.6 is 11.8 Å². The van der Waals surface area contributed by atoms with E-state index in [0.29, 0.717) is 11.1 Å². The fourth-order valence-corrected chi connectivity index (χ4v) is 13.2. The zero-order valence-corrected chi connectivity index (χ0v) is 44.8. The van der Waals surface area contributed by atoms with Gasteiger partial charge in [-0.15, -0.1) is 0 Å². The van der Waals surface area contributed by atoms with Gasteiger partial charge in [-0.05, 0) is 154 Å². The molecular weight excluding hydrogens is 1060 g/mol. The van der Waals surface area contributed by atoms with E-state index in [0.717, 1.165) is 43.5 Å². The second-order valence-corrected chi connectivity index (χ2v) is 20.7. The number of hydrogen-bond acceptors (Lipinski definition) is 6. The molecule has 4 heterocycles.